The van der Waals surface area contributed by atoms with E-state index < -0.39 is 18.2 Å². The van der Waals surface area contributed by atoms with Gasteiger partial charge in [-0.25, -0.2) is 19.6 Å². The van der Waals surface area contributed by atoms with E-state index in [1.807, 2.05) is 132 Å². The summed E-state index contributed by atoms with van der Waals surface area (Å²) in [4.78, 5) is 75.6. The fraction of sp³-hybridized carbons (Fsp3) is 0.308. The Morgan fingerprint density at radius 1 is 0.606 bits per heavy atom. The summed E-state index contributed by atoms with van der Waals surface area (Å²) >= 11 is 0. The topological polar surface area (TPSA) is 169 Å². The standard InChI is InChI=1S/C52H53N9O5/c1-34-12-9-29-59(34)51(64)57-45(39-13-5-3-6-14-39)49(62)60-30-10-17-43(60)47-53-32-41(55-47)37-25-21-35(22-26-37)19-20-36-23-27-38(28-24-36)42-33-54-48(56-42)44-18-11-31-61(44)50(63)46(58-52(65)66-2)40-15-7-4-8-16-40/h3-8,13-16,21-28,32-34,43-46H,9-12,17-18,29-31H2,1-2H3,(H,53,55)(H,54,56)(H,57,64)(H,58,65)/t34-,43+,44+,45-,46-/m1/s1. The number of carbonyl (C=O) groups is 4. The quantitative estimate of drug-likeness (QED) is 0.101. The lowest BCUT2D eigenvalue weighted by molar-refractivity contribution is -0.135. The average Bonchev–Trinajstić information content (AvgIpc) is 4.23. The normalized spacial score (nSPS) is 18.9. The molecule has 4 aromatic carbocycles. The van der Waals surface area contributed by atoms with Crippen LogP contribution in [-0.2, 0) is 14.3 Å². The second kappa shape index (κ2) is 19.6. The number of nitrogens with one attached hydrogen (secondary N) is 4. The highest BCUT2D eigenvalue weighted by molar-refractivity contribution is 5.89. The van der Waals surface area contributed by atoms with Gasteiger partial charge in [0.05, 0.1) is 43.0 Å². The third-order valence-corrected chi connectivity index (χ3v) is 12.9. The van der Waals surface area contributed by atoms with E-state index >= 15 is 0 Å². The molecule has 0 radical (unpaired) electrons. The van der Waals surface area contributed by atoms with Crippen LogP contribution in [0.25, 0.3) is 22.5 Å². The van der Waals surface area contributed by atoms with Crippen molar-refractivity contribution in [1.29, 1.82) is 0 Å². The maximum absolute atomic E-state index is 14.3. The smallest absolute Gasteiger partial charge is 0.407 e. The zero-order chi connectivity index (χ0) is 45.6. The van der Waals surface area contributed by atoms with Crippen molar-refractivity contribution in [2.24, 2.45) is 0 Å². The molecule has 0 spiro atoms. The zero-order valence-electron chi connectivity index (χ0n) is 37.1. The van der Waals surface area contributed by atoms with Gasteiger partial charge in [0, 0.05) is 36.8 Å². The molecule has 5 heterocycles. The highest BCUT2D eigenvalue weighted by Gasteiger charge is 2.39. The molecule has 0 aliphatic carbocycles. The van der Waals surface area contributed by atoms with Crippen LogP contribution in [0.4, 0.5) is 9.59 Å². The van der Waals surface area contributed by atoms with Gasteiger partial charge in [0.25, 0.3) is 5.91 Å². The summed E-state index contributed by atoms with van der Waals surface area (Å²) in [6.07, 6.45) is 8.00. The Kier molecular flexibility index (Phi) is 12.9. The van der Waals surface area contributed by atoms with Crippen LogP contribution in [0.2, 0.25) is 0 Å². The number of aromatic amines is 2. The molecule has 5 atom stereocenters. The van der Waals surface area contributed by atoms with Gasteiger partial charge < -0.3 is 40.0 Å². The third-order valence-electron chi connectivity index (χ3n) is 12.9. The maximum atomic E-state index is 14.3. The molecule has 0 bridgehead atoms. The summed E-state index contributed by atoms with van der Waals surface area (Å²) in [5, 5.41) is 5.79. The summed E-state index contributed by atoms with van der Waals surface area (Å²) in [6, 6.07) is 32.3. The van der Waals surface area contributed by atoms with E-state index in [1.54, 1.807) is 11.1 Å². The van der Waals surface area contributed by atoms with E-state index in [0.717, 1.165) is 83.6 Å². The molecule has 66 heavy (non-hydrogen) atoms. The summed E-state index contributed by atoms with van der Waals surface area (Å²) in [6.45, 7) is 3.87. The number of H-pyrrole nitrogens is 2. The number of rotatable bonds is 10. The van der Waals surface area contributed by atoms with Crippen LogP contribution in [0, 0.1) is 11.8 Å². The third kappa shape index (κ3) is 9.42. The minimum absolute atomic E-state index is 0.137. The predicted octanol–water partition coefficient (Wildman–Crippen LogP) is 8.23. The van der Waals surface area contributed by atoms with Crippen LogP contribution >= 0.6 is 0 Å². The van der Waals surface area contributed by atoms with Crippen molar-refractivity contribution in [1.82, 2.24) is 45.3 Å². The number of urea groups is 1. The number of benzene rings is 4. The lowest BCUT2D eigenvalue weighted by Crippen LogP contribution is -2.48. The molecular formula is C52H53N9O5. The van der Waals surface area contributed by atoms with Gasteiger partial charge in [-0.3, -0.25) is 9.59 Å². The maximum Gasteiger partial charge on any atom is 0.407 e. The highest BCUT2D eigenvalue weighted by atomic mass is 16.5. The molecule has 3 saturated heterocycles. The Morgan fingerprint density at radius 3 is 1.48 bits per heavy atom. The zero-order valence-corrected chi connectivity index (χ0v) is 37.1. The van der Waals surface area contributed by atoms with Crippen molar-refractivity contribution in [3.05, 3.63) is 155 Å². The minimum Gasteiger partial charge on any atom is -0.453 e. The van der Waals surface area contributed by atoms with Crippen molar-refractivity contribution in [3.63, 3.8) is 0 Å². The van der Waals surface area contributed by atoms with Crippen molar-refractivity contribution in [2.75, 3.05) is 26.7 Å². The first-order valence-electron chi connectivity index (χ1n) is 22.7. The van der Waals surface area contributed by atoms with E-state index in [-0.39, 0.29) is 36.0 Å². The molecule has 4 N–H and O–H groups in total. The Hall–Kier alpha value is -7.66. The average molecular weight is 884 g/mol. The van der Waals surface area contributed by atoms with Crippen LogP contribution in [0.1, 0.15) is 104 Å². The molecule has 14 heteroatoms. The van der Waals surface area contributed by atoms with E-state index in [2.05, 4.69) is 37.4 Å². The van der Waals surface area contributed by atoms with Crippen molar-refractivity contribution in [2.45, 2.75) is 75.7 Å². The fourth-order valence-corrected chi connectivity index (χ4v) is 9.36. The number of methoxy groups -OCH3 is 1. The number of carbonyl (C=O) groups excluding carboxylic acids is 4. The molecule has 9 rings (SSSR count). The van der Waals surface area contributed by atoms with E-state index in [9.17, 15) is 19.2 Å². The fourth-order valence-electron chi connectivity index (χ4n) is 9.36. The number of hydrogen-bond acceptors (Lipinski definition) is 7. The number of alkyl carbamates (subject to hydrolysis) is 1. The van der Waals surface area contributed by atoms with Gasteiger partial charge in [0.2, 0.25) is 5.91 Å². The van der Waals surface area contributed by atoms with Crippen LogP contribution in [0.15, 0.2) is 122 Å². The number of hydrogen-bond donors (Lipinski definition) is 4. The van der Waals surface area contributed by atoms with Crippen molar-refractivity contribution in [3.8, 4) is 34.4 Å². The first kappa shape index (κ1) is 43.6. The summed E-state index contributed by atoms with van der Waals surface area (Å²) < 4.78 is 4.83. The van der Waals surface area contributed by atoms with Gasteiger partial charge in [-0.2, -0.15) is 0 Å². The molecule has 0 unspecified atom stereocenters. The summed E-state index contributed by atoms with van der Waals surface area (Å²) in [7, 11) is 1.28. The largest absolute Gasteiger partial charge is 0.453 e. The molecule has 3 aliphatic rings. The monoisotopic (exact) mass is 883 g/mol. The number of imidazole rings is 2. The molecule has 6 aromatic rings. The minimum atomic E-state index is -0.885. The molecule has 0 saturated carbocycles. The molecule has 3 fully saturated rings. The van der Waals surface area contributed by atoms with Gasteiger partial charge in [0.15, 0.2) is 0 Å². The second-order valence-corrected chi connectivity index (χ2v) is 17.1. The Labute approximate surface area is 384 Å². The van der Waals surface area contributed by atoms with Gasteiger partial charge in [-0.1, -0.05) is 96.8 Å². The van der Waals surface area contributed by atoms with Gasteiger partial charge in [-0.05, 0) is 92.0 Å². The SMILES string of the molecule is COC(=O)N[C@@H](C(=O)N1CCC[C@H]1c1ncc(-c2ccc(C#Cc3ccc(-c4cnc([C@@H]5CCCN5C(=O)[C@H](NC(=O)N5CCC[C@H]5C)c5ccccc5)[nH]4)cc3)cc2)[nH]1)c1ccccc1. The Balaban J connectivity index is 0.831. The number of likely N-dealkylation sites (tertiary alicyclic amines) is 3. The van der Waals surface area contributed by atoms with Crippen molar-refractivity contribution >= 4 is 23.9 Å². The Bertz CT molecular complexity index is 2730. The van der Waals surface area contributed by atoms with E-state index in [4.69, 9.17) is 9.72 Å². The predicted molar refractivity (Wildman–Crippen MR) is 249 cm³/mol. The van der Waals surface area contributed by atoms with Gasteiger partial charge in [-0.15, -0.1) is 0 Å². The van der Waals surface area contributed by atoms with Crippen LogP contribution in [-0.4, -0.2) is 91.4 Å². The number of nitrogens with zero attached hydrogens (tertiary/aromatic N) is 5. The van der Waals surface area contributed by atoms with E-state index in [1.165, 1.54) is 7.11 Å². The van der Waals surface area contributed by atoms with E-state index in [0.29, 0.717) is 31.0 Å². The Morgan fingerprint density at radius 2 is 1.05 bits per heavy atom. The van der Waals surface area contributed by atoms with Crippen LogP contribution in [0.5, 0.6) is 0 Å². The second-order valence-electron chi connectivity index (χ2n) is 17.1. The first-order chi connectivity index (χ1) is 32.2. The van der Waals surface area contributed by atoms with Crippen LogP contribution < -0.4 is 10.6 Å². The van der Waals surface area contributed by atoms with Crippen LogP contribution in [0.3, 0.4) is 0 Å². The van der Waals surface area contributed by atoms with Gasteiger partial charge in [0.1, 0.15) is 23.7 Å². The molecule has 5 amide bonds. The number of amides is 5. The van der Waals surface area contributed by atoms with Gasteiger partial charge >= 0.3 is 12.1 Å². The molecule has 2 aromatic heterocycles. The summed E-state index contributed by atoms with van der Waals surface area (Å²) in [5.41, 5.74) is 6.71. The number of ether oxygens (including phenoxy) is 1. The lowest BCUT2D eigenvalue weighted by Gasteiger charge is -2.30. The lowest BCUT2D eigenvalue weighted by atomic mass is 10.0. The molecular weight excluding hydrogens is 831 g/mol. The van der Waals surface area contributed by atoms with Crippen molar-refractivity contribution < 1.29 is 23.9 Å². The molecule has 3 aliphatic heterocycles. The molecule has 14 nitrogen and oxygen atoms in total. The first-order valence-corrected chi connectivity index (χ1v) is 22.7. The number of aromatic nitrogens is 4. The summed E-state index contributed by atoms with van der Waals surface area (Å²) in [5.74, 6) is 7.60. The highest BCUT2D eigenvalue weighted by Crippen LogP contribution is 2.36. The molecule has 336 valence electrons.